The molecule has 0 amide bonds. The van der Waals surface area contributed by atoms with Gasteiger partial charge in [0.05, 0.1) is 5.52 Å². The Labute approximate surface area is 82.3 Å². The second-order valence-corrected chi connectivity index (χ2v) is 3.46. The Hall–Kier alpha value is -1.35. The van der Waals surface area contributed by atoms with Crippen LogP contribution in [0.3, 0.4) is 0 Å². The minimum atomic E-state index is -0.185. The molecule has 0 bridgehead atoms. The van der Waals surface area contributed by atoms with Crippen LogP contribution in [0.5, 0.6) is 0 Å². The lowest BCUT2D eigenvalue weighted by molar-refractivity contribution is 0.629. The first-order valence-corrected chi connectivity index (χ1v) is 4.60. The highest BCUT2D eigenvalue weighted by molar-refractivity contribution is 5.83. The van der Waals surface area contributed by atoms with Crippen molar-refractivity contribution in [3.8, 4) is 0 Å². The summed E-state index contributed by atoms with van der Waals surface area (Å²) in [6.07, 6.45) is 2.03. The van der Waals surface area contributed by atoms with E-state index in [9.17, 15) is 4.39 Å². The van der Waals surface area contributed by atoms with Gasteiger partial charge in [-0.2, -0.15) is 0 Å². The van der Waals surface area contributed by atoms with Gasteiger partial charge in [0, 0.05) is 25.2 Å². The number of nitrogens with one attached hydrogen (secondary N) is 1. The van der Waals surface area contributed by atoms with Crippen LogP contribution in [0.1, 0.15) is 5.56 Å². The molecule has 14 heavy (non-hydrogen) atoms. The van der Waals surface area contributed by atoms with E-state index < -0.39 is 0 Å². The van der Waals surface area contributed by atoms with Crippen LogP contribution >= 0.6 is 0 Å². The first kappa shape index (κ1) is 9.21. The number of aryl methyl sites for hydroxylation is 1. The Morgan fingerprint density at radius 2 is 2.21 bits per heavy atom. The Morgan fingerprint density at radius 1 is 1.43 bits per heavy atom. The van der Waals surface area contributed by atoms with E-state index in [1.165, 1.54) is 11.6 Å². The summed E-state index contributed by atoms with van der Waals surface area (Å²) in [5, 5.41) is 4.21. The number of halogens is 1. The lowest BCUT2D eigenvalue weighted by atomic mass is 10.2. The maximum absolute atomic E-state index is 13.0. The van der Waals surface area contributed by atoms with Gasteiger partial charge in [-0.05, 0) is 30.8 Å². The quantitative estimate of drug-likeness (QED) is 0.770. The third kappa shape index (κ3) is 1.40. The van der Waals surface area contributed by atoms with E-state index in [0.29, 0.717) is 0 Å². The van der Waals surface area contributed by atoms with Gasteiger partial charge < -0.3 is 9.88 Å². The zero-order chi connectivity index (χ0) is 10.1. The highest BCUT2D eigenvalue weighted by Gasteiger charge is 2.05. The molecule has 1 N–H and O–H groups in total. The molecule has 1 aromatic carbocycles. The maximum Gasteiger partial charge on any atom is 0.125 e. The number of benzene rings is 1. The Balaban J connectivity index is 2.65. The predicted octanol–water partition coefficient (Wildman–Crippen LogP) is 2.04. The van der Waals surface area contributed by atoms with Crippen LogP contribution in [0.25, 0.3) is 10.9 Å². The van der Waals surface area contributed by atoms with Crippen molar-refractivity contribution in [2.75, 3.05) is 7.05 Å². The standard InChI is InChI=1S/C11H13FN2/c1-13-6-8-7-14(2)11-5-9(12)3-4-10(8)11/h3-5,7,13H,6H2,1-2H3. The van der Waals surface area contributed by atoms with Crippen LogP contribution in [-0.2, 0) is 13.6 Å². The lowest BCUT2D eigenvalue weighted by Gasteiger charge is -1.96. The maximum atomic E-state index is 13.0. The fraction of sp³-hybridized carbons (Fsp3) is 0.273. The largest absolute Gasteiger partial charge is 0.350 e. The highest BCUT2D eigenvalue weighted by atomic mass is 19.1. The second kappa shape index (κ2) is 3.42. The average molecular weight is 192 g/mol. The van der Waals surface area contributed by atoms with Crippen LogP contribution < -0.4 is 5.32 Å². The molecule has 3 heteroatoms. The molecule has 2 aromatic rings. The van der Waals surface area contributed by atoms with E-state index in [2.05, 4.69) is 5.32 Å². The first-order valence-electron chi connectivity index (χ1n) is 4.60. The van der Waals surface area contributed by atoms with Crippen molar-refractivity contribution in [3.63, 3.8) is 0 Å². The molecule has 0 saturated carbocycles. The number of hydrogen-bond acceptors (Lipinski definition) is 1. The van der Waals surface area contributed by atoms with E-state index in [1.54, 1.807) is 6.07 Å². The van der Waals surface area contributed by atoms with Crippen LogP contribution in [0.2, 0.25) is 0 Å². The molecule has 0 radical (unpaired) electrons. The lowest BCUT2D eigenvalue weighted by Crippen LogP contribution is -2.04. The highest BCUT2D eigenvalue weighted by Crippen LogP contribution is 2.21. The van der Waals surface area contributed by atoms with Crippen LogP contribution in [0.15, 0.2) is 24.4 Å². The van der Waals surface area contributed by atoms with Crippen LogP contribution in [0, 0.1) is 5.82 Å². The molecule has 0 unspecified atom stereocenters. The summed E-state index contributed by atoms with van der Waals surface area (Å²) in [4.78, 5) is 0. The van der Waals surface area contributed by atoms with Gasteiger partial charge in [0.1, 0.15) is 5.82 Å². The van der Waals surface area contributed by atoms with Crippen molar-refractivity contribution < 1.29 is 4.39 Å². The number of rotatable bonds is 2. The molecule has 2 rings (SSSR count). The normalized spacial score (nSPS) is 11.1. The number of hydrogen-bond donors (Lipinski definition) is 1. The molecule has 0 aliphatic heterocycles. The minimum absolute atomic E-state index is 0.185. The SMILES string of the molecule is CNCc1cn(C)c2cc(F)ccc12. The van der Waals surface area contributed by atoms with Crippen molar-refractivity contribution in [2.45, 2.75) is 6.54 Å². The average Bonchev–Trinajstić information content (AvgIpc) is 2.44. The number of fused-ring (bicyclic) bond motifs is 1. The smallest absolute Gasteiger partial charge is 0.125 e. The number of aromatic nitrogens is 1. The first-order chi connectivity index (χ1) is 6.72. The molecule has 0 fully saturated rings. The monoisotopic (exact) mass is 192 g/mol. The molecule has 0 aliphatic carbocycles. The third-order valence-corrected chi connectivity index (χ3v) is 2.40. The van der Waals surface area contributed by atoms with Crippen molar-refractivity contribution in [3.05, 3.63) is 35.8 Å². The van der Waals surface area contributed by atoms with Gasteiger partial charge in [-0.3, -0.25) is 0 Å². The van der Waals surface area contributed by atoms with E-state index >= 15 is 0 Å². The molecular weight excluding hydrogens is 179 g/mol. The fourth-order valence-electron chi connectivity index (χ4n) is 1.77. The molecule has 1 heterocycles. The van der Waals surface area contributed by atoms with Crippen molar-refractivity contribution in [1.82, 2.24) is 9.88 Å². The van der Waals surface area contributed by atoms with Gasteiger partial charge >= 0.3 is 0 Å². The second-order valence-electron chi connectivity index (χ2n) is 3.46. The summed E-state index contributed by atoms with van der Waals surface area (Å²) < 4.78 is 14.9. The molecular formula is C11H13FN2. The third-order valence-electron chi connectivity index (χ3n) is 2.40. The summed E-state index contributed by atoms with van der Waals surface area (Å²) in [5.41, 5.74) is 2.14. The number of nitrogens with zero attached hydrogens (tertiary/aromatic N) is 1. The van der Waals surface area contributed by atoms with Crippen LogP contribution in [-0.4, -0.2) is 11.6 Å². The predicted molar refractivity (Wildman–Crippen MR) is 55.6 cm³/mol. The van der Waals surface area contributed by atoms with Crippen molar-refractivity contribution in [2.24, 2.45) is 7.05 Å². The Morgan fingerprint density at radius 3 is 2.93 bits per heavy atom. The molecule has 0 aliphatic rings. The van der Waals surface area contributed by atoms with Gasteiger partial charge in [0.15, 0.2) is 0 Å². The van der Waals surface area contributed by atoms with Gasteiger partial charge in [-0.15, -0.1) is 0 Å². The summed E-state index contributed by atoms with van der Waals surface area (Å²) in [6.45, 7) is 0.809. The molecule has 0 saturated heterocycles. The summed E-state index contributed by atoms with van der Waals surface area (Å²) in [6, 6.07) is 4.90. The summed E-state index contributed by atoms with van der Waals surface area (Å²) in [5.74, 6) is -0.185. The Kier molecular flexibility index (Phi) is 2.25. The van der Waals surface area contributed by atoms with Crippen molar-refractivity contribution in [1.29, 1.82) is 0 Å². The zero-order valence-electron chi connectivity index (χ0n) is 8.34. The Bertz CT molecular complexity index is 460. The molecule has 0 atom stereocenters. The zero-order valence-corrected chi connectivity index (χ0v) is 8.34. The van der Waals surface area contributed by atoms with Gasteiger partial charge in [0.2, 0.25) is 0 Å². The van der Waals surface area contributed by atoms with Crippen molar-refractivity contribution >= 4 is 10.9 Å². The minimum Gasteiger partial charge on any atom is -0.350 e. The van der Waals surface area contributed by atoms with Crippen LogP contribution in [0.4, 0.5) is 4.39 Å². The molecule has 1 aromatic heterocycles. The van der Waals surface area contributed by atoms with Gasteiger partial charge in [0.25, 0.3) is 0 Å². The fourth-order valence-corrected chi connectivity index (χ4v) is 1.77. The topological polar surface area (TPSA) is 17.0 Å². The van der Waals surface area contributed by atoms with E-state index in [0.717, 1.165) is 17.4 Å². The van der Waals surface area contributed by atoms with E-state index in [1.807, 2.05) is 30.9 Å². The molecule has 74 valence electrons. The van der Waals surface area contributed by atoms with Gasteiger partial charge in [-0.1, -0.05) is 0 Å². The van der Waals surface area contributed by atoms with E-state index in [-0.39, 0.29) is 5.82 Å². The van der Waals surface area contributed by atoms with Gasteiger partial charge in [-0.25, -0.2) is 4.39 Å². The summed E-state index contributed by atoms with van der Waals surface area (Å²) in [7, 11) is 3.84. The molecule has 2 nitrogen and oxygen atoms in total. The van der Waals surface area contributed by atoms with E-state index in [4.69, 9.17) is 0 Å². The summed E-state index contributed by atoms with van der Waals surface area (Å²) >= 11 is 0. The molecule has 0 spiro atoms.